The van der Waals surface area contributed by atoms with E-state index >= 15 is 0 Å². The quantitative estimate of drug-likeness (QED) is 0.837. The minimum absolute atomic E-state index is 0.171. The Morgan fingerprint density at radius 2 is 1.85 bits per heavy atom. The van der Waals surface area contributed by atoms with Crippen LogP contribution in [0, 0.1) is 0 Å². The van der Waals surface area contributed by atoms with Crippen LogP contribution in [0.1, 0.15) is 41.7 Å². The highest BCUT2D eigenvalue weighted by molar-refractivity contribution is 5.95. The van der Waals surface area contributed by atoms with Crippen LogP contribution in [0.4, 0.5) is 5.69 Å². The molecule has 3 rings (SSSR count). The Bertz CT molecular complexity index is 816. The summed E-state index contributed by atoms with van der Waals surface area (Å²) in [4.78, 5) is 23.7. The summed E-state index contributed by atoms with van der Waals surface area (Å²) in [7, 11) is 0. The van der Waals surface area contributed by atoms with Crippen LogP contribution in [0.3, 0.4) is 0 Å². The van der Waals surface area contributed by atoms with Crippen LogP contribution in [-0.2, 0) is 4.79 Å². The molecule has 1 aliphatic rings. The maximum atomic E-state index is 12.5. The van der Waals surface area contributed by atoms with E-state index in [0.29, 0.717) is 5.56 Å². The van der Waals surface area contributed by atoms with E-state index in [1.807, 2.05) is 54.4 Å². The van der Waals surface area contributed by atoms with Crippen LogP contribution < -0.4 is 10.3 Å². The number of carbonyl (C=O) groups excluding carboxylic acids is 1. The molecule has 1 aliphatic heterocycles. The summed E-state index contributed by atoms with van der Waals surface area (Å²) >= 11 is 0. The zero-order valence-electron chi connectivity index (χ0n) is 14.6. The Morgan fingerprint density at radius 1 is 1.15 bits per heavy atom. The number of anilines is 1. The first-order valence-corrected chi connectivity index (χ1v) is 8.52. The minimum atomic E-state index is -0.961. The molecule has 2 aromatic rings. The van der Waals surface area contributed by atoms with Gasteiger partial charge in [-0.1, -0.05) is 30.3 Å². The molecule has 2 N–H and O–H groups in total. The fraction of sp³-hybridized carbons (Fsp3) is 0.250. The highest BCUT2D eigenvalue weighted by Gasteiger charge is 2.19. The lowest BCUT2D eigenvalue weighted by molar-refractivity contribution is -0.137. The van der Waals surface area contributed by atoms with Gasteiger partial charge in [0.15, 0.2) is 0 Å². The fourth-order valence-electron chi connectivity index (χ4n) is 2.90. The third-order valence-corrected chi connectivity index (χ3v) is 4.29. The Morgan fingerprint density at radius 3 is 2.42 bits per heavy atom. The average molecular weight is 351 g/mol. The van der Waals surface area contributed by atoms with E-state index in [1.54, 1.807) is 12.1 Å². The van der Waals surface area contributed by atoms with Crippen molar-refractivity contribution in [3.8, 4) is 0 Å². The SMILES string of the molecule is CC1=NN(c2ccc(C(=O)NC(CC(=O)O)c3ccccc3)cc2)CC1. The maximum absolute atomic E-state index is 12.5. The molecule has 6 nitrogen and oxygen atoms in total. The number of carboxylic acid groups (broad SMARTS) is 1. The molecule has 0 saturated heterocycles. The number of benzene rings is 2. The van der Waals surface area contributed by atoms with Crippen LogP contribution in [-0.4, -0.2) is 29.2 Å². The summed E-state index contributed by atoms with van der Waals surface area (Å²) < 4.78 is 0. The van der Waals surface area contributed by atoms with Crippen molar-refractivity contribution in [1.82, 2.24) is 5.32 Å². The predicted molar refractivity (Wildman–Crippen MR) is 100 cm³/mol. The second-order valence-corrected chi connectivity index (χ2v) is 6.29. The van der Waals surface area contributed by atoms with E-state index in [4.69, 9.17) is 5.11 Å². The molecular formula is C20H21N3O3. The molecule has 0 aliphatic carbocycles. The summed E-state index contributed by atoms with van der Waals surface area (Å²) in [6.07, 6.45) is 0.770. The Hall–Kier alpha value is -3.15. The van der Waals surface area contributed by atoms with Gasteiger partial charge in [-0.3, -0.25) is 14.6 Å². The highest BCUT2D eigenvalue weighted by Crippen LogP contribution is 2.21. The van der Waals surface area contributed by atoms with Crippen molar-refractivity contribution in [3.63, 3.8) is 0 Å². The lowest BCUT2D eigenvalue weighted by Gasteiger charge is -2.18. The largest absolute Gasteiger partial charge is 0.481 e. The molecule has 0 spiro atoms. The highest BCUT2D eigenvalue weighted by atomic mass is 16.4. The summed E-state index contributed by atoms with van der Waals surface area (Å²) in [6, 6.07) is 15.7. The molecular weight excluding hydrogens is 330 g/mol. The first kappa shape index (κ1) is 17.7. The predicted octanol–water partition coefficient (Wildman–Crippen LogP) is 3.22. The van der Waals surface area contributed by atoms with E-state index in [2.05, 4.69) is 10.4 Å². The molecule has 1 atom stereocenters. The van der Waals surface area contributed by atoms with Gasteiger partial charge in [0.2, 0.25) is 0 Å². The van der Waals surface area contributed by atoms with Gasteiger partial charge in [0, 0.05) is 24.2 Å². The van der Waals surface area contributed by atoms with Crippen molar-refractivity contribution in [1.29, 1.82) is 0 Å². The molecule has 1 amide bonds. The number of carboxylic acids is 1. The Kier molecular flexibility index (Phi) is 5.31. The molecule has 2 aromatic carbocycles. The number of carbonyl (C=O) groups is 2. The third kappa shape index (κ3) is 4.27. The van der Waals surface area contributed by atoms with Crippen LogP contribution in [0.25, 0.3) is 0 Å². The first-order chi connectivity index (χ1) is 12.5. The standard InChI is InChI=1S/C20H21N3O3/c1-14-11-12-23(22-14)17-9-7-16(8-10-17)20(26)21-18(13-19(24)25)15-5-3-2-4-6-15/h2-10,18H,11-13H2,1H3,(H,21,26)(H,24,25). The zero-order valence-corrected chi connectivity index (χ0v) is 14.6. The number of nitrogens with zero attached hydrogens (tertiary/aromatic N) is 2. The van der Waals surface area contributed by atoms with Gasteiger partial charge in [-0.25, -0.2) is 0 Å². The van der Waals surface area contributed by atoms with E-state index in [0.717, 1.165) is 29.9 Å². The maximum Gasteiger partial charge on any atom is 0.305 e. The summed E-state index contributed by atoms with van der Waals surface area (Å²) in [5, 5.41) is 18.3. The van der Waals surface area contributed by atoms with Gasteiger partial charge < -0.3 is 10.4 Å². The lowest BCUT2D eigenvalue weighted by Crippen LogP contribution is -2.30. The van der Waals surface area contributed by atoms with Crippen molar-refractivity contribution >= 4 is 23.3 Å². The summed E-state index contributed by atoms with van der Waals surface area (Å²) in [5.74, 6) is -1.26. The molecule has 0 bridgehead atoms. The number of hydrogen-bond donors (Lipinski definition) is 2. The average Bonchev–Trinajstić information content (AvgIpc) is 3.08. The molecule has 0 radical (unpaired) electrons. The Labute approximate surface area is 152 Å². The van der Waals surface area contributed by atoms with Crippen molar-refractivity contribution in [2.75, 3.05) is 11.6 Å². The molecule has 6 heteroatoms. The van der Waals surface area contributed by atoms with Crippen LogP contribution >= 0.6 is 0 Å². The van der Waals surface area contributed by atoms with Crippen molar-refractivity contribution < 1.29 is 14.7 Å². The van der Waals surface area contributed by atoms with Gasteiger partial charge in [0.05, 0.1) is 18.2 Å². The van der Waals surface area contributed by atoms with E-state index in [1.165, 1.54) is 0 Å². The normalized spacial score (nSPS) is 14.7. The van der Waals surface area contributed by atoms with Crippen LogP contribution in [0.5, 0.6) is 0 Å². The second-order valence-electron chi connectivity index (χ2n) is 6.29. The Balaban J connectivity index is 1.72. The number of nitrogens with one attached hydrogen (secondary N) is 1. The van der Waals surface area contributed by atoms with E-state index in [-0.39, 0.29) is 12.3 Å². The smallest absolute Gasteiger partial charge is 0.305 e. The number of hydrogen-bond acceptors (Lipinski definition) is 4. The zero-order chi connectivity index (χ0) is 18.5. The second kappa shape index (κ2) is 7.82. The molecule has 1 heterocycles. The number of amides is 1. The van der Waals surface area contributed by atoms with Crippen molar-refractivity contribution in [2.45, 2.75) is 25.8 Å². The van der Waals surface area contributed by atoms with E-state index < -0.39 is 12.0 Å². The lowest BCUT2D eigenvalue weighted by atomic mass is 10.0. The van der Waals surface area contributed by atoms with Crippen molar-refractivity contribution in [2.24, 2.45) is 5.10 Å². The van der Waals surface area contributed by atoms with E-state index in [9.17, 15) is 9.59 Å². The van der Waals surface area contributed by atoms with Gasteiger partial charge in [0.25, 0.3) is 5.91 Å². The number of aliphatic carboxylic acids is 1. The number of hydrazone groups is 1. The third-order valence-electron chi connectivity index (χ3n) is 4.29. The van der Waals surface area contributed by atoms with Crippen LogP contribution in [0.15, 0.2) is 59.7 Å². The molecule has 26 heavy (non-hydrogen) atoms. The first-order valence-electron chi connectivity index (χ1n) is 8.52. The van der Waals surface area contributed by atoms with Gasteiger partial charge in [-0.15, -0.1) is 0 Å². The molecule has 1 unspecified atom stereocenters. The molecule has 0 fully saturated rings. The van der Waals surface area contributed by atoms with Crippen molar-refractivity contribution in [3.05, 3.63) is 65.7 Å². The van der Waals surface area contributed by atoms with Gasteiger partial charge in [0.1, 0.15) is 0 Å². The summed E-state index contributed by atoms with van der Waals surface area (Å²) in [5.41, 5.74) is 3.27. The molecule has 0 saturated carbocycles. The van der Waals surface area contributed by atoms with Gasteiger partial charge in [-0.2, -0.15) is 5.10 Å². The van der Waals surface area contributed by atoms with Gasteiger partial charge in [-0.05, 0) is 36.8 Å². The fourth-order valence-corrected chi connectivity index (χ4v) is 2.90. The monoisotopic (exact) mass is 351 g/mol. The van der Waals surface area contributed by atoms with Gasteiger partial charge >= 0.3 is 5.97 Å². The number of rotatable bonds is 6. The minimum Gasteiger partial charge on any atom is -0.481 e. The summed E-state index contributed by atoms with van der Waals surface area (Å²) in [6.45, 7) is 2.83. The van der Waals surface area contributed by atoms with Crippen LogP contribution in [0.2, 0.25) is 0 Å². The molecule has 134 valence electrons. The topological polar surface area (TPSA) is 82.0 Å². The molecule has 0 aromatic heterocycles.